The van der Waals surface area contributed by atoms with Gasteiger partial charge in [0.2, 0.25) is 0 Å². The Morgan fingerprint density at radius 1 is 1.00 bits per heavy atom. The molecule has 3 fully saturated rings. The molecule has 18 heavy (non-hydrogen) atoms. The molecule has 2 nitrogen and oxygen atoms in total. The van der Waals surface area contributed by atoms with E-state index < -0.39 is 0 Å². The van der Waals surface area contributed by atoms with Crippen LogP contribution in [-0.4, -0.2) is 36.1 Å². The van der Waals surface area contributed by atoms with Crippen LogP contribution in [0.3, 0.4) is 0 Å². The van der Waals surface area contributed by atoms with Gasteiger partial charge in [-0.2, -0.15) is 0 Å². The monoisotopic (exact) mass is 250 g/mol. The van der Waals surface area contributed by atoms with Crippen molar-refractivity contribution < 1.29 is 0 Å². The van der Waals surface area contributed by atoms with Gasteiger partial charge in [-0.05, 0) is 64.0 Å². The van der Waals surface area contributed by atoms with E-state index in [-0.39, 0.29) is 0 Å². The number of rotatable bonds is 3. The zero-order valence-corrected chi connectivity index (χ0v) is 12.0. The summed E-state index contributed by atoms with van der Waals surface area (Å²) in [5.74, 6) is 1.05. The molecule has 1 heterocycles. The molecule has 2 aliphatic carbocycles. The highest BCUT2D eigenvalue weighted by atomic mass is 15.2. The van der Waals surface area contributed by atoms with Crippen molar-refractivity contribution in [2.45, 2.75) is 82.8 Å². The van der Waals surface area contributed by atoms with Crippen molar-refractivity contribution >= 4 is 0 Å². The largest absolute Gasteiger partial charge is 0.314 e. The van der Waals surface area contributed by atoms with Crippen LogP contribution in [0.15, 0.2) is 0 Å². The predicted octanol–water partition coefficient (Wildman–Crippen LogP) is 3.17. The van der Waals surface area contributed by atoms with E-state index in [0.29, 0.717) is 0 Å². The molecule has 3 aliphatic rings. The first-order valence-electron chi connectivity index (χ1n) is 8.37. The van der Waals surface area contributed by atoms with E-state index in [2.05, 4.69) is 17.1 Å². The summed E-state index contributed by atoms with van der Waals surface area (Å²) < 4.78 is 0. The van der Waals surface area contributed by atoms with E-state index in [1.807, 2.05) is 0 Å². The van der Waals surface area contributed by atoms with Gasteiger partial charge in [-0.1, -0.05) is 19.8 Å². The zero-order valence-electron chi connectivity index (χ0n) is 12.0. The van der Waals surface area contributed by atoms with Crippen molar-refractivity contribution in [2.24, 2.45) is 5.92 Å². The number of hydrogen-bond acceptors (Lipinski definition) is 2. The van der Waals surface area contributed by atoms with Gasteiger partial charge < -0.3 is 5.32 Å². The summed E-state index contributed by atoms with van der Waals surface area (Å²) in [6, 6.07) is 2.66. The molecular formula is C16H30N2. The third-order valence-corrected chi connectivity index (χ3v) is 5.64. The average Bonchev–Trinajstić information content (AvgIpc) is 2.87. The Balaban J connectivity index is 1.62. The first-order valence-corrected chi connectivity index (χ1v) is 8.37. The first kappa shape index (κ1) is 12.9. The lowest BCUT2D eigenvalue weighted by Crippen LogP contribution is -2.52. The molecule has 0 radical (unpaired) electrons. The molecule has 0 aromatic heterocycles. The van der Waals surface area contributed by atoms with E-state index in [1.54, 1.807) is 0 Å². The molecule has 0 aromatic rings. The quantitative estimate of drug-likeness (QED) is 0.827. The van der Waals surface area contributed by atoms with Crippen LogP contribution >= 0.6 is 0 Å². The highest BCUT2D eigenvalue weighted by Crippen LogP contribution is 2.39. The maximum Gasteiger partial charge on any atom is 0.0126 e. The number of fused-ring (bicyclic) bond motifs is 1. The van der Waals surface area contributed by atoms with Gasteiger partial charge in [-0.3, -0.25) is 4.90 Å². The fourth-order valence-electron chi connectivity index (χ4n) is 4.89. The van der Waals surface area contributed by atoms with Crippen LogP contribution in [0.25, 0.3) is 0 Å². The van der Waals surface area contributed by atoms with Gasteiger partial charge in [0.15, 0.2) is 0 Å². The van der Waals surface area contributed by atoms with Gasteiger partial charge in [0, 0.05) is 18.1 Å². The normalized spacial score (nSPS) is 41.8. The number of nitrogens with one attached hydrogen (secondary N) is 1. The lowest BCUT2D eigenvalue weighted by atomic mass is 9.85. The Morgan fingerprint density at radius 3 is 2.72 bits per heavy atom. The van der Waals surface area contributed by atoms with Crippen LogP contribution in [0.5, 0.6) is 0 Å². The van der Waals surface area contributed by atoms with E-state index in [1.165, 1.54) is 64.3 Å². The minimum Gasteiger partial charge on any atom is -0.314 e. The molecule has 4 unspecified atom stereocenters. The van der Waals surface area contributed by atoms with Crippen LogP contribution in [0, 0.1) is 5.92 Å². The molecule has 2 saturated carbocycles. The summed E-state index contributed by atoms with van der Waals surface area (Å²) in [4.78, 5) is 2.94. The fraction of sp³-hybridized carbons (Fsp3) is 1.00. The summed E-state index contributed by atoms with van der Waals surface area (Å²) in [5.41, 5.74) is 0. The molecule has 4 atom stereocenters. The van der Waals surface area contributed by atoms with Crippen molar-refractivity contribution in [1.29, 1.82) is 0 Å². The maximum atomic E-state index is 3.69. The smallest absolute Gasteiger partial charge is 0.0126 e. The second-order valence-corrected chi connectivity index (χ2v) is 6.71. The third kappa shape index (κ3) is 2.60. The topological polar surface area (TPSA) is 15.3 Å². The maximum absolute atomic E-state index is 3.69. The Bertz CT molecular complexity index is 264. The predicted molar refractivity (Wildman–Crippen MR) is 76.8 cm³/mol. The van der Waals surface area contributed by atoms with Gasteiger partial charge in [0.1, 0.15) is 0 Å². The van der Waals surface area contributed by atoms with E-state index in [0.717, 1.165) is 30.6 Å². The van der Waals surface area contributed by atoms with Crippen molar-refractivity contribution in [3.05, 3.63) is 0 Å². The molecule has 1 saturated heterocycles. The fourth-order valence-corrected chi connectivity index (χ4v) is 4.89. The molecule has 0 aromatic carbocycles. The van der Waals surface area contributed by atoms with Crippen LogP contribution in [0.2, 0.25) is 0 Å². The Hall–Kier alpha value is -0.0800. The highest BCUT2D eigenvalue weighted by Gasteiger charge is 2.39. The average molecular weight is 250 g/mol. The molecule has 2 heteroatoms. The lowest BCUT2D eigenvalue weighted by molar-refractivity contribution is 0.0431. The number of piperidine rings is 1. The second-order valence-electron chi connectivity index (χ2n) is 6.71. The number of likely N-dealkylation sites (tertiary alicyclic amines) is 1. The number of hydrogen-bond donors (Lipinski definition) is 1. The minimum absolute atomic E-state index is 0.801. The molecule has 0 spiro atoms. The Morgan fingerprint density at radius 2 is 1.83 bits per heavy atom. The molecule has 104 valence electrons. The van der Waals surface area contributed by atoms with Gasteiger partial charge >= 0.3 is 0 Å². The SMILES string of the molecule is CCNC1CCCC(N2CCCC3CCCC32)C1. The van der Waals surface area contributed by atoms with E-state index in [9.17, 15) is 0 Å². The molecule has 0 amide bonds. The Labute approximate surface area is 113 Å². The van der Waals surface area contributed by atoms with E-state index >= 15 is 0 Å². The van der Waals surface area contributed by atoms with Crippen LogP contribution in [0.4, 0.5) is 0 Å². The first-order chi connectivity index (χ1) is 8.88. The molecule has 3 rings (SSSR count). The van der Waals surface area contributed by atoms with Gasteiger partial charge in [0.25, 0.3) is 0 Å². The van der Waals surface area contributed by atoms with Gasteiger partial charge in [-0.15, -0.1) is 0 Å². The summed E-state index contributed by atoms with van der Waals surface area (Å²) in [6.45, 7) is 4.78. The van der Waals surface area contributed by atoms with E-state index in [4.69, 9.17) is 0 Å². The molecule has 1 N–H and O–H groups in total. The number of nitrogens with zero attached hydrogens (tertiary/aromatic N) is 1. The zero-order chi connectivity index (χ0) is 12.4. The standard InChI is InChI=1S/C16H30N2/c1-2-17-14-8-4-9-15(12-14)18-11-5-7-13-6-3-10-16(13)18/h13-17H,2-12H2,1H3. The summed E-state index contributed by atoms with van der Waals surface area (Å²) in [5, 5.41) is 3.69. The van der Waals surface area contributed by atoms with Gasteiger partial charge in [0.05, 0.1) is 0 Å². The van der Waals surface area contributed by atoms with Crippen LogP contribution in [-0.2, 0) is 0 Å². The van der Waals surface area contributed by atoms with Crippen molar-refractivity contribution in [3.8, 4) is 0 Å². The summed E-state index contributed by atoms with van der Waals surface area (Å²) in [7, 11) is 0. The van der Waals surface area contributed by atoms with Crippen molar-refractivity contribution in [1.82, 2.24) is 10.2 Å². The molecule has 1 aliphatic heterocycles. The Kier molecular flexibility index (Phi) is 4.25. The summed E-state index contributed by atoms with van der Waals surface area (Å²) in [6.07, 6.45) is 13.2. The van der Waals surface area contributed by atoms with Crippen molar-refractivity contribution in [3.63, 3.8) is 0 Å². The van der Waals surface area contributed by atoms with Crippen molar-refractivity contribution in [2.75, 3.05) is 13.1 Å². The molecule has 0 bridgehead atoms. The van der Waals surface area contributed by atoms with Crippen LogP contribution in [0.1, 0.15) is 64.7 Å². The highest BCUT2D eigenvalue weighted by molar-refractivity contribution is 4.94. The lowest BCUT2D eigenvalue weighted by Gasteiger charge is -2.45. The summed E-state index contributed by atoms with van der Waals surface area (Å²) >= 11 is 0. The molecular weight excluding hydrogens is 220 g/mol. The third-order valence-electron chi connectivity index (χ3n) is 5.64. The minimum atomic E-state index is 0.801. The second kappa shape index (κ2) is 5.92. The van der Waals surface area contributed by atoms with Gasteiger partial charge in [-0.25, -0.2) is 0 Å². The van der Waals surface area contributed by atoms with Crippen LogP contribution < -0.4 is 5.32 Å².